The monoisotopic (exact) mass is 497 g/mol. The van der Waals surface area contributed by atoms with Crippen molar-refractivity contribution in [2.45, 2.75) is 45.9 Å². The zero-order chi connectivity index (χ0) is 25.7. The third-order valence-electron chi connectivity index (χ3n) is 5.75. The van der Waals surface area contributed by atoms with Crippen molar-refractivity contribution in [2.24, 2.45) is 14.1 Å². The van der Waals surface area contributed by atoms with Gasteiger partial charge in [-0.3, -0.25) is 13.9 Å². The summed E-state index contributed by atoms with van der Waals surface area (Å²) >= 11 is 6.26. The highest BCUT2D eigenvalue weighted by Gasteiger charge is 2.24. The summed E-state index contributed by atoms with van der Waals surface area (Å²) in [6.45, 7) is 7.15. The van der Waals surface area contributed by atoms with Gasteiger partial charge in [0.25, 0.3) is 5.56 Å². The van der Waals surface area contributed by atoms with E-state index >= 15 is 0 Å². The number of hydrogen-bond donors (Lipinski definition) is 1. The van der Waals surface area contributed by atoms with Crippen LogP contribution in [0, 0.1) is 0 Å². The fourth-order valence-electron chi connectivity index (χ4n) is 4.11. The Kier molecular flexibility index (Phi) is 6.23. The minimum absolute atomic E-state index is 0.0934. The van der Waals surface area contributed by atoms with Crippen LogP contribution in [0.3, 0.4) is 0 Å². The van der Waals surface area contributed by atoms with Gasteiger partial charge in [-0.15, -0.1) is 0 Å². The zero-order valence-corrected chi connectivity index (χ0v) is 21.3. The Morgan fingerprint density at radius 1 is 1.14 bits per heavy atom. The van der Waals surface area contributed by atoms with Crippen molar-refractivity contribution in [3.8, 4) is 0 Å². The number of ether oxygens (including phenoxy) is 1. The highest BCUT2D eigenvalue weighted by Crippen LogP contribution is 2.24. The Morgan fingerprint density at radius 2 is 1.86 bits per heavy atom. The highest BCUT2D eigenvalue weighted by molar-refractivity contribution is 6.35. The molecule has 0 radical (unpaired) electrons. The molecule has 2 heterocycles. The molecule has 0 aliphatic rings. The molecule has 10 heteroatoms. The van der Waals surface area contributed by atoms with E-state index in [1.807, 2.05) is 36.4 Å². The van der Waals surface area contributed by atoms with E-state index in [0.717, 1.165) is 16.3 Å². The van der Waals surface area contributed by atoms with Crippen LogP contribution in [0.15, 0.2) is 46.0 Å². The molecule has 1 amide bonds. The lowest BCUT2D eigenvalue weighted by Gasteiger charge is -2.21. The molecule has 184 valence electrons. The fourth-order valence-corrected chi connectivity index (χ4v) is 4.36. The molecule has 0 spiro atoms. The van der Waals surface area contributed by atoms with E-state index in [-0.39, 0.29) is 17.7 Å². The highest BCUT2D eigenvalue weighted by atomic mass is 35.5. The van der Waals surface area contributed by atoms with Gasteiger partial charge < -0.3 is 14.6 Å². The molecule has 2 aromatic heterocycles. The van der Waals surface area contributed by atoms with E-state index in [0.29, 0.717) is 10.8 Å². The van der Waals surface area contributed by atoms with Crippen molar-refractivity contribution in [3.05, 3.63) is 73.6 Å². The Labute approximate surface area is 206 Å². The summed E-state index contributed by atoms with van der Waals surface area (Å²) in [6.07, 6.45) is -0.597. The van der Waals surface area contributed by atoms with Crippen molar-refractivity contribution in [1.29, 1.82) is 0 Å². The maximum atomic E-state index is 13.4. The average Bonchev–Trinajstić information content (AvgIpc) is 3.11. The van der Waals surface area contributed by atoms with Gasteiger partial charge in [0.05, 0.1) is 12.6 Å². The number of carbonyl (C=O) groups excluding carboxylic acids is 1. The lowest BCUT2D eigenvalue weighted by molar-refractivity contribution is 0.0505. The Bertz CT molecular complexity index is 1580. The van der Waals surface area contributed by atoms with E-state index in [1.54, 1.807) is 46.4 Å². The molecule has 4 aromatic rings. The average molecular weight is 498 g/mol. The first-order chi connectivity index (χ1) is 16.4. The van der Waals surface area contributed by atoms with Crippen molar-refractivity contribution < 1.29 is 9.53 Å². The molecular formula is C25H28ClN5O4. The number of aryl methyl sites for hydroxylation is 2. The van der Waals surface area contributed by atoms with Crippen molar-refractivity contribution in [1.82, 2.24) is 24.0 Å². The van der Waals surface area contributed by atoms with Crippen LogP contribution in [0.5, 0.6) is 0 Å². The van der Waals surface area contributed by atoms with Crippen LogP contribution < -0.4 is 16.6 Å². The summed E-state index contributed by atoms with van der Waals surface area (Å²) in [4.78, 5) is 43.3. The summed E-state index contributed by atoms with van der Waals surface area (Å²) in [5.74, 6) is 0.427. The van der Waals surface area contributed by atoms with Gasteiger partial charge in [-0.1, -0.05) is 35.9 Å². The molecule has 0 aliphatic heterocycles. The number of aromatic nitrogens is 4. The van der Waals surface area contributed by atoms with E-state index in [2.05, 4.69) is 10.3 Å². The van der Waals surface area contributed by atoms with E-state index < -0.39 is 29.0 Å². The number of hydrogen-bond acceptors (Lipinski definition) is 5. The Morgan fingerprint density at radius 3 is 2.54 bits per heavy atom. The van der Waals surface area contributed by atoms with Crippen LogP contribution >= 0.6 is 11.6 Å². The first-order valence-electron chi connectivity index (χ1n) is 11.2. The lowest BCUT2D eigenvalue weighted by Crippen LogP contribution is -2.39. The molecule has 2 aromatic carbocycles. The molecule has 1 atom stereocenters. The number of benzene rings is 2. The maximum Gasteiger partial charge on any atom is 0.408 e. The molecule has 1 unspecified atom stereocenters. The summed E-state index contributed by atoms with van der Waals surface area (Å²) < 4.78 is 9.46. The van der Waals surface area contributed by atoms with E-state index in [4.69, 9.17) is 16.3 Å². The van der Waals surface area contributed by atoms with Crippen LogP contribution in [0.2, 0.25) is 5.02 Å². The number of nitrogens with one attached hydrogen (secondary N) is 1. The lowest BCUT2D eigenvalue weighted by atomic mass is 10.1. The number of carbonyl (C=O) groups is 1. The van der Waals surface area contributed by atoms with Gasteiger partial charge in [0, 0.05) is 24.5 Å². The van der Waals surface area contributed by atoms with Gasteiger partial charge in [0.1, 0.15) is 11.4 Å². The van der Waals surface area contributed by atoms with Gasteiger partial charge in [-0.2, -0.15) is 0 Å². The van der Waals surface area contributed by atoms with Crippen LogP contribution in [-0.4, -0.2) is 30.4 Å². The van der Waals surface area contributed by atoms with Crippen LogP contribution in [0.25, 0.3) is 21.9 Å². The first-order valence-corrected chi connectivity index (χ1v) is 11.6. The third kappa shape index (κ3) is 4.68. The SMILES string of the molecule is CC(NC(=O)OC(C)(C)C)c1nc2c(c(=O)n(Cc3ccc4c(Cl)cccc4c3)c(=O)n2C)n1C. The Hall–Kier alpha value is -3.59. The third-order valence-corrected chi connectivity index (χ3v) is 6.08. The summed E-state index contributed by atoms with van der Waals surface area (Å²) in [5.41, 5.74) is -0.283. The quantitative estimate of drug-likeness (QED) is 0.461. The van der Waals surface area contributed by atoms with Gasteiger partial charge in [-0.05, 0) is 50.8 Å². The normalized spacial score (nSPS) is 12.8. The molecule has 4 rings (SSSR count). The minimum atomic E-state index is -0.651. The summed E-state index contributed by atoms with van der Waals surface area (Å²) in [6, 6.07) is 10.7. The standard InChI is InChI=1S/C25H28ClN5O4/c1-14(27-23(33)35-25(2,3)4)20-28-21-19(29(20)5)22(32)31(24(34)30(21)6)13-15-10-11-17-16(12-15)8-7-9-18(17)26/h7-12,14H,13H2,1-6H3,(H,27,33). The molecule has 0 bridgehead atoms. The second kappa shape index (κ2) is 8.88. The van der Waals surface area contributed by atoms with Crippen molar-refractivity contribution in [2.75, 3.05) is 0 Å². The van der Waals surface area contributed by atoms with Gasteiger partial charge >= 0.3 is 11.8 Å². The predicted molar refractivity (Wildman–Crippen MR) is 136 cm³/mol. The molecule has 9 nitrogen and oxygen atoms in total. The van der Waals surface area contributed by atoms with Crippen molar-refractivity contribution >= 4 is 39.6 Å². The maximum absolute atomic E-state index is 13.4. The molecule has 0 fully saturated rings. The number of imidazole rings is 1. The number of amides is 1. The number of nitrogens with zero attached hydrogens (tertiary/aromatic N) is 4. The van der Waals surface area contributed by atoms with E-state index in [9.17, 15) is 14.4 Å². The molecule has 0 saturated carbocycles. The first kappa shape index (κ1) is 24.5. The van der Waals surface area contributed by atoms with Crippen LogP contribution in [-0.2, 0) is 25.4 Å². The molecule has 35 heavy (non-hydrogen) atoms. The van der Waals surface area contributed by atoms with Gasteiger partial charge in [-0.25, -0.2) is 14.6 Å². The van der Waals surface area contributed by atoms with Gasteiger partial charge in [0.15, 0.2) is 11.2 Å². The molecular weight excluding hydrogens is 470 g/mol. The van der Waals surface area contributed by atoms with Crippen LogP contribution in [0.1, 0.15) is 45.1 Å². The fraction of sp³-hybridized carbons (Fsp3) is 0.360. The molecule has 1 N–H and O–H groups in total. The number of halogens is 1. The number of alkyl carbamates (subject to hydrolysis) is 1. The second-order valence-corrected chi connectivity index (χ2v) is 10.0. The number of fused-ring (bicyclic) bond motifs is 2. The van der Waals surface area contributed by atoms with Gasteiger partial charge in [0.2, 0.25) is 0 Å². The minimum Gasteiger partial charge on any atom is -0.444 e. The summed E-state index contributed by atoms with van der Waals surface area (Å²) in [5, 5.41) is 5.19. The topological polar surface area (TPSA) is 100 Å². The molecule has 0 saturated heterocycles. The largest absolute Gasteiger partial charge is 0.444 e. The van der Waals surface area contributed by atoms with Crippen LogP contribution in [0.4, 0.5) is 4.79 Å². The molecule has 0 aliphatic carbocycles. The zero-order valence-electron chi connectivity index (χ0n) is 20.5. The summed E-state index contributed by atoms with van der Waals surface area (Å²) in [7, 11) is 3.26. The van der Waals surface area contributed by atoms with Crippen molar-refractivity contribution in [3.63, 3.8) is 0 Å². The second-order valence-electron chi connectivity index (χ2n) is 9.60. The Balaban J connectivity index is 1.75. The number of rotatable bonds is 4. The smallest absolute Gasteiger partial charge is 0.408 e. The van der Waals surface area contributed by atoms with E-state index in [1.165, 1.54) is 9.13 Å². The predicted octanol–water partition coefficient (Wildman–Crippen LogP) is 3.87.